The van der Waals surface area contributed by atoms with Crippen LogP contribution in [0.2, 0.25) is 0 Å². The van der Waals surface area contributed by atoms with Crippen molar-refractivity contribution in [1.82, 2.24) is 10.6 Å². The zero-order chi connectivity index (χ0) is 20.9. The van der Waals surface area contributed by atoms with Gasteiger partial charge < -0.3 is 20.1 Å². The topological polar surface area (TPSA) is 89.0 Å². The number of benzene rings is 2. The first-order valence-electron chi connectivity index (χ1n) is 10.1. The summed E-state index contributed by atoms with van der Waals surface area (Å²) in [6.45, 7) is 2.09. The van der Waals surface area contributed by atoms with Crippen LogP contribution in [0.1, 0.15) is 18.4 Å². The molecule has 0 unspecified atom stereocenters. The number of halogens is 1. The third-order valence-electron chi connectivity index (χ3n) is 5.40. The van der Waals surface area contributed by atoms with Gasteiger partial charge in [0.2, 0.25) is 5.91 Å². The molecule has 2 aliphatic rings. The molecule has 0 aromatic heterocycles. The highest BCUT2D eigenvalue weighted by atomic mass is 35.5. The van der Waals surface area contributed by atoms with Gasteiger partial charge in [-0.1, -0.05) is 36.4 Å². The third kappa shape index (κ3) is 5.55. The minimum Gasteiger partial charge on any atom is -0.491 e. The van der Waals surface area contributed by atoms with Gasteiger partial charge in [0.1, 0.15) is 18.2 Å². The minimum atomic E-state index is -0.368. The molecule has 8 heteroatoms. The lowest BCUT2D eigenvalue weighted by atomic mass is 10.0. The molecule has 0 aliphatic carbocycles. The standard InChI is InChI=1S/C23H25N3O4.ClH/c1-29-21(27)13-18-12-19(26-23(18)28)14-30-20-8-6-16(7-9-20)15-2-4-17(5-3-15)22-24-10-11-25-22;/h2-9,18-19H,10-14H2,1H3,(H,24,25)(H,26,28);1H/t18-,19-;/m0./s1. The maximum Gasteiger partial charge on any atom is 0.306 e. The van der Waals surface area contributed by atoms with Gasteiger partial charge in [-0.15, -0.1) is 12.4 Å². The second-order valence-electron chi connectivity index (χ2n) is 7.49. The Hall–Kier alpha value is -3.06. The number of rotatable bonds is 7. The second-order valence-corrected chi connectivity index (χ2v) is 7.49. The van der Waals surface area contributed by atoms with E-state index in [1.165, 1.54) is 7.11 Å². The zero-order valence-electron chi connectivity index (χ0n) is 17.3. The van der Waals surface area contributed by atoms with E-state index in [2.05, 4.69) is 44.6 Å². The van der Waals surface area contributed by atoms with Crippen molar-refractivity contribution in [3.8, 4) is 16.9 Å². The lowest BCUT2D eigenvalue weighted by Gasteiger charge is -2.12. The van der Waals surface area contributed by atoms with Crippen molar-refractivity contribution in [2.45, 2.75) is 18.9 Å². The highest BCUT2D eigenvalue weighted by molar-refractivity contribution is 6.00. The minimum absolute atomic E-state index is 0. The molecule has 2 aromatic carbocycles. The van der Waals surface area contributed by atoms with Crippen molar-refractivity contribution in [3.05, 3.63) is 54.1 Å². The number of nitrogens with zero attached hydrogens (tertiary/aromatic N) is 1. The van der Waals surface area contributed by atoms with E-state index in [-0.39, 0.29) is 42.7 Å². The summed E-state index contributed by atoms with van der Waals surface area (Å²) in [4.78, 5) is 27.8. The summed E-state index contributed by atoms with van der Waals surface area (Å²) in [6.07, 6.45) is 0.675. The molecular weight excluding hydrogens is 418 g/mol. The molecule has 0 spiro atoms. The molecule has 4 rings (SSSR count). The van der Waals surface area contributed by atoms with Gasteiger partial charge in [-0.25, -0.2) is 0 Å². The number of carbonyl (C=O) groups is 2. The number of carbonyl (C=O) groups excluding carboxylic acids is 2. The van der Waals surface area contributed by atoms with E-state index in [9.17, 15) is 9.59 Å². The van der Waals surface area contributed by atoms with Crippen LogP contribution in [0, 0.1) is 5.92 Å². The van der Waals surface area contributed by atoms with Gasteiger partial charge in [-0.2, -0.15) is 0 Å². The van der Waals surface area contributed by atoms with Crippen LogP contribution < -0.4 is 15.4 Å². The molecule has 2 aliphatic heterocycles. The Kier molecular flexibility index (Phi) is 7.52. The van der Waals surface area contributed by atoms with E-state index in [1.807, 2.05) is 24.3 Å². The number of esters is 1. The Bertz CT molecular complexity index is 944. The average Bonchev–Trinajstić information content (AvgIpc) is 3.43. The molecule has 7 nitrogen and oxygen atoms in total. The number of methoxy groups -OCH3 is 1. The molecule has 2 atom stereocenters. The predicted molar refractivity (Wildman–Crippen MR) is 121 cm³/mol. The van der Waals surface area contributed by atoms with Crippen LogP contribution in [0.3, 0.4) is 0 Å². The van der Waals surface area contributed by atoms with E-state index in [0.29, 0.717) is 13.0 Å². The summed E-state index contributed by atoms with van der Waals surface area (Å²) in [6, 6.07) is 16.1. The number of ether oxygens (including phenoxy) is 2. The largest absolute Gasteiger partial charge is 0.491 e. The Balaban J connectivity index is 0.00000272. The molecule has 0 radical (unpaired) electrons. The number of hydrogen-bond donors (Lipinski definition) is 2. The second kappa shape index (κ2) is 10.3. The van der Waals surface area contributed by atoms with E-state index in [0.717, 1.165) is 41.4 Å². The Morgan fingerprint density at radius 2 is 1.71 bits per heavy atom. The smallest absolute Gasteiger partial charge is 0.306 e. The van der Waals surface area contributed by atoms with Crippen LogP contribution in [0.15, 0.2) is 53.5 Å². The summed E-state index contributed by atoms with van der Waals surface area (Å²) in [5, 5.41) is 6.16. The number of aliphatic imine (C=N–C) groups is 1. The average molecular weight is 444 g/mol. The maximum absolute atomic E-state index is 12.0. The van der Waals surface area contributed by atoms with Crippen molar-refractivity contribution < 1.29 is 19.1 Å². The van der Waals surface area contributed by atoms with E-state index in [1.54, 1.807) is 0 Å². The molecule has 1 fully saturated rings. The maximum atomic E-state index is 12.0. The van der Waals surface area contributed by atoms with E-state index in [4.69, 9.17) is 4.74 Å². The fourth-order valence-electron chi connectivity index (χ4n) is 3.75. The van der Waals surface area contributed by atoms with Crippen molar-refractivity contribution >= 4 is 30.1 Å². The first kappa shape index (κ1) is 22.6. The zero-order valence-corrected chi connectivity index (χ0v) is 18.1. The SMILES string of the molecule is COC(=O)C[C@@H]1C[C@@H](COc2ccc(-c3ccc(C4=NCCN4)cc3)cc2)NC1=O.Cl. The van der Waals surface area contributed by atoms with Crippen molar-refractivity contribution in [2.75, 3.05) is 26.8 Å². The summed E-state index contributed by atoms with van der Waals surface area (Å²) >= 11 is 0. The highest BCUT2D eigenvalue weighted by Crippen LogP contribution is 2.24. The van der Waals surface area contributed by atoms with Crippen LogP contribution in [0.5, 0.6) is 5.75 Å². The number of amidine groups is 1. The third-order valence-corrected chi connectivity index (χ3v) is 5.40. The molecule has 0 bridgehead atoms. The van der Waals surface area contributed by atoms with E-state index >= 15 is 0 Å². The lowest BCUT2D eigenvalue weighted by molar-refractivity contribution is -0.143. The van der Waals surface area contributed by atoms with Gasteiger partial charge in [0.25, 0.3) is 0 Å². The van der Waals surface area contributed by atoms with Crippen molar-refractivity contribution in [3.63, 3.8) is 0 Å². The molecule has 2 aromatic rings. The highest BCUT2D eigenvalue weighted by Gasteiger charge is 2.34. The van der Waals surface area contributed by atoms with Crippen molar-refractivity contribution in [2.24, 2.45) is 10.9 Å². The quantitative estimate of drug-likeness (QED) is 0.642. The Labute approximate surface area is 187 Å². The molecule has 164 valence electrons. The first-order chi connectivity index (χ1) is 14.6. The first-order valence-corrected chi connectivity index (χ1v) is 10.1. The predicted octanol–water partition coefficient (Wildman–Crippen LogP) is 2.57. The monoisotopic (exact) mass is 443 g/mol. The molecule has 0 saturated carbocycles. The number of nitrogens with one attached hydrogen (secondary N) is 2. The van der Waals surface area contributed by atoms with Gasteiger partial charge in [0, 0.05) is 12.1 Å². The van der Waals surface area contributed by atoms with Crippen LogP contribution in [-0.2, 0) is 14.3 Å². The van der Waals surface area contributed by atoms with Crippen molar-refractivity contribution in [1.29, 1.82) is 0 Å². The lowest BCUT2D eigenvalue weighted by Crippen LogP contribution is -2.31. The number of hydrogen-bond acceptors (Lipinski definition) is 6. The molecule has 2 N–H and O–H groups in total. The Morgan fingerprint density at radius 1 is 1.06 bits per heavy atom. The molecular formula is C23H26ClN3O4. The fourth-order valence-corrected chi connectivity index (χ4v) is 3.75. The van der Waals surface area contributed by atoms with Gasteiger partial charge in [-0.3, -0.25) is 14.6 Å². The van der Waals surface area contributed by atoms with Crippen LogP contribution in [0.25, 0.3) is 11.1 Å². The molecule has 1 saturated heterocycles. The van der Waals surface area contributed by atoms with Gasteiger partial charge in [-0.05, 0) is 29.7 Å². The summed E-state index contributed by atoms with van der Waals surface area (Å²) in [7, 11) is 1.33. The summed E-state index contributed by atoms with van der Waals surface area (Å²) < 4.78 is 10.5. The normalized spacial score (nSPS) is 19.6. The Morgan fingerprint density at radius 3 is 2.32 bits per heavy atom. The fraction of sp³-hybridized carbons (Fsp3) is 0.348. The van der Waals surface area contributed by atoms with Gasteiger partial charge >= 0.3 is 5.97 Å². The summed E-state index contributed by atoms with van der Waals surface area (Å²) in [5.41, 5.74) is 3.32. The summed E-state index contributed by atoms with van der Waals surface area (Å²) in [5.74, 6) is 0.866. The molecule has 2 heterocycles. The van der Waals surface area contributed by atoms with E-state index < -0.39 is 0 Å². The van der Waals surface area contributed by atoms with Gasteiger partial charge in [0.15, 0.2) is 0 Å². The van der Waals surface area contributed by atoms with Gasteiger partial charge in [0.05, 0.1) is 32.0 Å². The van der Waals surface area contributed by atoms with Crippen LogP contribution in [-0.4, -0.2) is 50.6 Å². The van der Waals surface area contributed by atoms with Crippen LogP contribution in [0.4, 0.5) is 0 Å². The molecule has 1 amide bonds. The van der Waals surface area contributed by atoms with Crippen LogP contribution >= 0.6 is 12.4 Å². The number of amides is 1. The molecule has 31 heavy (non-hydrogen) atoms.